The Morgan fingerprint density at radius 3 is 2.68 bits per heavy atom. The van der Waals surface area contributed by atoms with Crippen LogP contribution in [-0.2, 0) is 11.2 Å². The average Bonchev–Trinajstić information content (AvgIpc) is 3.28. The molecule has 4 heteroatoms. The van der Waals surface area contributed by atoms with Crippen molar-refractivity contribution in [2.75, 3.05) is 25.0 Å². The lowest BCUT2D eigenvalue weighted by Crippen LogP contribution is -2.33. The van der Waals surface area contributed by atoms with Crippen molar-refractivity contribution < 1.29 is 4.79 Å². The molecule has 1 aliphatic rings. The van der Waals surface area contributed by atoms with E-state index in [1.54, 1.807) is 0 Å². The lowest BCUT2D eigenvalue weighted by atomic mass is 9.89. The lowest BCUT2D eigenvalue weighted by molar-refractivity contribution is -0.118. The Morgan fingerprint density at radius 2 is 1.85 bits per heavy atom. The maximum absolute atomic E-state index is 12.0. The van der Waals surface area contributed by atoms with Crippen LogP contribution in [0.3, 0.4) is 0 Å². The summed E-state index contributed by atoms with van der Waals surface area (Å²) in [5.74, 6) is 0.653. The number of carbonyl (C=O) groups is 1. The minimum atomic E-state index is -0.00417. The van der Waals surface area contributed by atoms with Crippen molar-refractivity contribution in [3.63, 3.8) is 0 Å². The monoisotopic (exact) mass is 453 g/mol. The number of H-pyrrole nitrogens is 1. The highest BCUT2D eigenvalue weighted by Crippen LogP contribution is 2.31. The predicted octanol–water partition coefficient (Wildman–Crippen LogP) is 6.73. The number of benzene rings is 3. The SMILES string of the molecule is CC(C)C(=O)Nc1cccc(C2CCN(CCCc3c[nH]c4c3ccc3ccccc34)CC2)c1. The Morgan fingerprint density at radius 1 is 1.03 bits per heavy atom. The Kier molecular flexibility index (Phi) is 6.68. The van der Waals surface area contributed by atoms with Crippen LogP contribution in [0.25, 0.3) is 21.7 Å². The smallest absolute Gasteiger partial charge is 0.226 e. The Hall–Kier alpha value is -3.11. The predicted molar refractivity (Wildman–Crippen MR) is 142 cm³/mol. The Labute approximate surface area is 202 Å². The quantitative estimate of drug-likeness (QED) is 0.326. The first-order valence-electron chi connectivity index (χ1n) is 12.7. The summed E-state index contributed by atoms with van der Waals surface area (Å²) in [7, 11) is 0. The summed E-state index contributed by atoms with van der Waals surface area (Å²) in [6, 6.07) is 21.6. The maximum Gasteiger partial charge on any atom is 0.226 e. The van der Waals surface area contributed by atoms with Gasteiger partial charge in [-0.25, -0.2) is 0 Å². The molecule has 176 valence electrons. The third-order valence-electron chi connectivity index (χ3n) is 7.32. The van der Waals surface area contributed by atoms with Gasteiger partial charge in [0, 0.05) is 28.6 Å². The van der Waals surface area contributed by atoms with Gasteiger partial charge >= 0.3 is 0 Å². The van der Waals surface area contributed by atoms with E-state index in [-0.39, 0.29) is 11.8 Å². The molecule has 1 amide bonds. The van der Waals surface area contributed by atoms with Crippen molar-refractivity contribution in [3.05, 3.63) is 78.0 Å². The van der Waals surface area contributed by atoms with Gasteiger partial charge in [0.05, 0.1) is 5.52 Å². The lowest BCUT2D eigenvalue weighted by Gasteiger charge is -2.32. The van der Waals surface area contributed by atoms with Crippen molar-refractivity contribution in [2.24, 2.45) is 5.92 Å². The van der Waals surface area contributed by atoms with E-state index in [2.05, 4.69) is 76.0 Å². The zero-order chi connectivity index (χ0) is 23.5. The average molecular weight is 454 g/mol. The number of aryl methyl sites for hydroxylation is 1. The summed E-state index contributed by atoms with van der Waals surface area (Å²) in [5, 5.41) is 7.00. The number of carbonyl (C=O) groups excluding carboxylic acids is 1. The molecule has 0 radical (unpaired) electrons. The molecule has 1 aliphatic heterocycles. The van der Waals surface area contributed by atoms with Crippen LogP contribution in [0.5, 0.6) is 0 Å². The van der Waals surface area contributed by atoms with Crippen LogP contribution in [0.4, 0.5) is 5.69 Å². The van der Waals surface area contributed by atoms with E-state index in [0.717, 1.165) is 31.7 Å². The Bertz CT molecular complexity index is 1280. The first kappa shape index (κ1) is 22.7. The van der Waals surface area contributed by atoms with Gasteiger partial charge in [-0.1, -0.05) is 62.4 Å². The van der Waals surface area contributed by atoms with Crippen molar-refractivity contribution in [2.45, 2.75) is 45.4 Å². The van der Waals surface area contributed by atoms with Gasteiger partial charge in [0.25, 0.3) is 0 Å². The van der Waals surface area contributed by atoms with E-state index in [9.17, 15) is 4.79 Å². The molecule has 0 spiro atoms. The highest BCUT2D eigenvalue weighted by molar-refractivity contribution is 6.06. The Balaban J connectivity index is 1.13. The summed E-state index contributed by atoms with van der Waals surface area (Å²) in [4.78, 5) is 18.2. The fraction of sp³-hybridized carbons (Fsp3) is 0.367. The van der Waals surface area contributed by atoms with Gasteiger partial charge in [0.1, 0.15) is 0 Å². The first-order chi connectivity index (χ1) is 16.6. The van der Waals surface area contributed by atoms with Crippen LogP contribution < -0.4 is 5.32 Å². The van der Waals surface area contributed by atoms with Gasteiger partial charge in [-0.05, 0) is 79.9 Å². The molecule has 1 aromatic heterocycles. The molecule has 1 fully saturated rings. The first-order valence-corrected chi connectivity index (χ1v) is 12.7. The standard InChI is InChI=1S/C30H35N3O/c1-21(2)30(34)32-26-10-5-8-24(19-26)22-14-17-33(18-15-22)16-6-9-25-20-31-29-27-11-4-3-7-23(27)12-13-28(25)29/h3-5,7-8,10-13,19-22,31H,6,9,14-18H2,1-2H3,(H,32,34). The number of amides is 1. The number of likely N-dealkylation sites (tertiary alicyclic amines) is 1. The highest BCUT2D eigenvalue weighted by Gasteiger charge is 2.21. The van der Waals surface area contributed by atoms with Crippen LogP contribution in [0.1, 0.15) is 50.2 Å². The molecule has 1 saturated heterocycles. The molecule has 3 aromatic carbocycles. The third-order valence-corrected chi connectivity index (χ3v) is 7.32. The maximum atomic E-state index is 12.0. The van der Waals surface area contributed by atoms with Crippen LogP contribution in [0, 0.1) is 5.92 Å². The fourth-order valence-corrected chi connectivity index (χ4v) is 5.28. The number of nitrogens with one attached hydrogen (secondary N) is 2. The van der Waals surface area contributed by atoms with E-state index in [1.165, 1.54) is 52.1 Å². The van der Waals surface area contributed by atoms with Gasteiger partial charge in [-0.3, -0.25) is 4.79 Å². The van der Waals surface area contributed by atoms with E-state index < -0.39 is 0 Å². The van der Waals surface area contributed by atoms with Crippen LogP contribution in [0.15, 0.2) is 66.9 Å². The number of hydrogen-bond donors (Lipinski definition) is 2. The molecule has 0 unspecified atom stereocenters. The van der Waals surface area contributed by atoms with Crippen molar-refractivity contribution in [3.8, 4) is 0 Å². The number of nitrogens with zero attached hydrogens (tertiary/aromatic N) is 1. The summed E-state index contributed by atoms with van der Waals surface area (Å²) in [5.41, 5.74) is 4.97. The zero-order valence-electron chi connectivity index (χ0n) is 20.3. The second kappa shape index (κ2) is 10.0. The zero-order valence-corrected chi connectivity index (χ0v) is 20.3. The van der Waals surface area contributed by atoms with E-state index in [4.69, 9.17) is 0 Å². The summed E-state index contributed by atoms with van der Waals surface area (Å²) in [6.45, 7) is 7.29. The third kappa shape index (κ3) is 4.88. The van der Waals surface area contributed by atoms with Gasteiger partial charge in [-0.2, -0.15) is 0 Å². The highest BCUT2D eigenvalue weighted by atomic mass is 16.1. The number of piperidine rings is 1. The van der Waals surface area contributed by atoms with Gasteiger partial charge in [0.15, 0.2) is 0 Å². The molecule has 5 rings (SSSR count). The molecule has 0 bridgehead atoms. The molecule has 0 atom stereocenters. The number of hydrogen-bond acceptors (Lipinski definition) is 2. The van der Waals surface area contributed by atoms with E-state index >= 15 is 0 Å². The molecule has 34 heavy (non-hydrogen) atoms. The second-order valence-electron chi connectivity index (χ2n) is 10.0. The largest absolute Gasteiger partial charge is 0.360 e. The van der Waals surface area contributed by atoms with Crippen LogP contribution in [0.2, 0.25) is 0 Å². The van der Waals surface area contributed by atoms with Crippen LogP contribution in [-0.4, -0.2) is 35.4 Å². The van der Waals surface area contributed by atoms with Gasteiger partial charge in [-0.15, -0.1) is 0 Å². The number of aromatic nitrogens is 1. The van der Waals surface area contributed by atoms with Gasteiger partial charge < -0.3 is 15.2 Å². The number of fused-ring (bicyclic) bond motifs is 3. The molecular weight excluding hydrogens is 418 g/mol. The van der Waals surface area contributed by atoms with E-state index in [1.807, 2.05) is 19.9 Å². The molecule has 2 heterocycles. The number of rotatable bonds is 7. The molecule has 0 aliphatic carbocycles. The molecule has 2 N–H and O–H groups in total. The van der Waals surface area contributed by atoms with Crippen molar-refractivity contribution >= 4 is 33.3 Å². The minimum absolute atomic E-state index is 0.00417. The van der Waals surface area contributed by atoms with Crippen molar-refractivity contribution in [1.29, 1.82) is 0 Å². The minimum Gasteiger partial charge on any atom is -0.360 e. The summed E-state index contributed by atoms with van der Waals surface area (Å²) < 4.78 is 0. The molecule has 4 aromatic rings. The molecule has 0 saturated carbocycles. The molecule has 4 nitrogen and oxygen atoms in total. The fourth-order valence-electron chi connectivity index (χ4n) is 5.28. The molecular formula is C30H35N3O. The topological polar surface area (TPSA) is 48.1 Å². The van der Waals surface area contributed by atoms with E-state index in [0.29, 0.717) is 5.92 Å². The van der Waals surface area contributed by atoms with Crippen LogP contribution >= 0.6 is 0 Å². The summed E-state index contributed by atoms with van der Waals surface area (Å²) in [6.07, 6.45) is 6.85. The van der Waals surface area contributed by atoms with Crippen molar-refractivity contribution in [1.82, 2.24) is 9.88 Å². The van der Waals surface area contributed by atoms with Gasteiger partial charge in [0.2, 0.25) is 5.91 Å². The number of anilines is 1. The summed E-state index contributed by atoms with van der Waals surface area (Å²) >= 11 is 0. The number of aromatic amines is 1. The second-order valence-corrected chi connectivity index (χ2v) is 10.0. The normalized spacial score (nSPS) is 15.4.